The SMILES string of the molecule is COc1ccc(CCCN=C(N(C)C)N(C)C)cc1OC. The third-order valence-electron chi connectivity index (χ3n) is 3.12. The van der Waals surface area contributed by atoms with Gasteiger partial charge in [-0.15, -0.1) is 0 Å². The standard InChI is InChI=1S/C16H27N3O2/c1-18(2)16(19(3)4)17-11-7-8-13-9-10-14(20-5)15(12-13)21-6/h9-10,12H,7-8,11H2,1-6H3. The zero-order valence-electron chi connectivity index (χ0n) is 14.0. The lowest BCUT2D eigenvalue weighted by molar-refractivity contribution is 0.354. The van der Waals surface area contributed by atoms with Crippen LogP contribution in [-0.2, 0) is 6.42 Å². The van der Waals surface area contributed by atoms with E-state index in [1.807, 2.05) is 50.1 Å². The molecule has 0 saturated carbocycles. The normalized spacial score (nSPS) is 10.0. The van der Waals surface area contributed by atoms with E-state index in [2.05, 4.69) is 11.1 Å². The number of ether oxygens (including phenoxy) is 2. The van der Waals surface area contributed by atoms with Crippen LogP contribution in [0.4, 0.5) is 0 Å². The summed E-state index contributed by atoms with van der Waals surface area (Å²) in [4.78, 5) is 8.68. The van der Waals surface area contributed by atoms with E-state index >= 15 is 0 Å². The molecule has 0 N–H and O–H groups in total. The van der Waals surface area contributed by atoms with Crippen LogP contribution in [0, 0.1) is 0 Å². The van der Waals surface area contributed by atoms with Crippen molar-refractivity contribution < 1.29 is 9.47 Å². The summed E-state index contributed by atoms with van der Waals surface area (Å²) in [5.41, 5.74) is 1.24. The Morgan fingerprint density at radius 2 is 1.62 bits per heavy atom. The molecule has 118 valence electrons. The van der Waals surface area contributed by atoms with Gasteiger partial charge in [-0.2, -0.15) is 0 Å². The van der Waals surface area contributed by atoms with Crippen LogP contribution in [-0.4, -0.2) is 64.7 Å². The molecule has 0 aliphatic carbocycles. The van der Waals surface area contributed by atoms with Crippen molar-refractivity contribution in [2.45, 2.75) is 12.8 Å². The Balaban J connectivity index is 2.58. The van der Waals surface area contributed by atoms with Crippen molar-refractivity contribution in [1.82, 2.24) is 9.80 Å². The van der Waals surface area contributed by atoms with Gasteiger partial charge < -0.3 is 19.3 Å². The van der Waals surface area contributed by atoms with Crippen LogP contribution in [0.1, 0.15) is 12.0 Å². The quantitative estimate of drug-likeness (QED) is 0.457. The number of guanidine groups is 1. The van der Waals surface area contributed by atoms with Gasteiger partial charge in [-0.25, -0.2) is 0 Å². The molecule has 0 aliphatic rings. The first kappa shape index (κ1) is 17.1. The van der Waals surface area contributed by atoms with E-state index in [1.54, 1.807) is 14.2 Å². The summed E-state index contributed by atoms with van der Waals surface area (Å²) >= 11 is 0. The highest BCUT2D eigenvalue weighted by Gasteiger charge is 2.05. The van der Waals surface area contributed by atoms with Crippen molar-refractivity contribution in [3.8, 4) is 11.5 Å². The lowest BCUT2D eigenvalue weighted by Crippen LogP contribution is -2.35. The van der Waals surface area contributed by atoms with E-state index in [4.69, 9.17) is 9.47 Å². The minimum atomic E-state index is 0.766. The zero-order valence-corrected chi connectivity index (χ0v) is 14.0. The molecule has 1 rings (SSSR count). The first-order valence-electron chi connectivity index (χ1n) is 7.09. The molecule has 0 fully saturated rings. The molecule has 1 aromatic rings. The molecule has 0 amide bonds. The molecule has 0 spiro atoms. The maximum absolute atomic E-state index is 5.32. The van der Waals surface area contributed by atoms with Crippen LogP contribution in [0.25, 0.3) is 0 Å². The average Bonchev–Trinajstić information content (AvgIpc) is 2.45. The Bertz CT molecular complexity index is 461. The topological polar surface area (TPSA) is 37.3 Å². The van der Waals surface area contributed by atoms with Gasteiger partial charge in [-0.1, -0.05) is 6.07 Å². The lowest BCUT2D eigenvalue weighted by atomic mass is 10.1. The fourth-order valence-electron chi connectivity index (χ4n) is 2.18. The summed E-state index contributed by atoms with van der Waals surface area (Å²) in [5.74, 6) is 2.53. The summed E-state index contributed by atoms with van der Waals surface area (Å²) in [6, 6.07) is 6.05. The number of nitrogens with zero attached hydrogens (tertiary/aromatic N) is 3. The molecule has 0 saturated heterocycles. The molecule has 0 bridgehead atoms. The largest absolute Gasteiger partial charge is 0.493 e. The predicted octanol–water partition coefficient (Wildman–Crippen LogP) is 2.12. The van der Waals surface area contributed by atoms with Crippen molar-refractivity contribution in [2.75, 3.05) is 49.0 Å². The number of hydrogen-bond acceptors (Lipinski definition) is 3. The Morgan fingerprint density at radius 3 is 2.14 bits per heavy atom. The molecule has 0 heterocycles. The molecular weight excluding hydrogens is 266 g/mol. The van der Waals surface area contributed by atoms with Gasteiger partial charge in [0.2, 0.25) is 0 Å². The Kier molecular flexibility index (Phi) is 6.85. The van der Waals surface area contributed by atoms with Gasteiger partial charge in [0.25, 0.3) is 0 Å². The number of aliphatic imine (C=N–C) groups is 1. The van der Waals surface area contributed by atoms with E-state index in [0.29, 0.717) is 0 Å². The van der Waals surface area contributed by atoms with Crippen molar-refractivity contribution in [2.24, 2.45) is 4.99 Å². The number of aryl methyl sites for hydroxylation is 1. The molecule has 0 radical (unpaired) electrons. The van der Waals surface area contributed by atoms with E-state index < -0.39 is 0 Å². The van der Waals surface area contributed by atoms with Crippen LogP contribution < -0.4 is 9.47 Å². The first-order valence-corrected chi connectivity index (χ1v) is 7.09. The number of methoxy groups -OCH3 is 2. The predicted molar refractivity (Wildman–Crippen MR) is 87.5 cm³/mol. The van der Waals surface area contributed by atoms with E-state index in [1.165, 1.54) is 5.56 Å². The summed E-state index contributed by atoms with van der Waals surface area (Å²) < 4.78 is 10.6. The summed E-state index contributed by atoms with van der Waals surface area (Å²) in [6.45, 7) is 0.806. The maximum Gasteiger partial charge on any atom is 0.195 e. The van der Waals surface area contributed by atoms with Crippen LogP contribution in [0.15, 0.2) is 23.2 Å². The van der Waals surface area contributed by atoms with Crippen molar-refractivity contribution in [3.05, 3.63) is 23.8 Å². The van der Waals surface area contributed by atoms with Crippen LogP contribution in [0.3, 0.4) is 0 Å². The fourth-order valence-corrected chi connectivity index (χ4v) is 2.18. The fraction of sp³-hybridized carbons (Fsp3) is 0.562. The van der Waals surface area contributed by atoms with Gasteiger partial charge in [0.15, 0.2) is 17.5 Å². The molecule has 0 aromatic heterocycles. The third-order valence-corrected chi connectivity index (χ3v) is 3.12. The van der Waals surface area contributed by atoms with Crippen LogP contribution >= 0.6 is 0 Å². The smallest absolute Gasteiger partial charge is 0.195 e. The van der Waals surface area contributed by atoms with Gasteiger partial charge in [-0.05, 0) is 30.5 Å². The van der Waals surface area contributed by atoms with Crippen molar-refractivity contribution in [3.63, 3.8) is 0 Å². The minimum Gasteiger partial charge on any atom is -0.493 e. The molecule has 5 nitrogen and oxygen atoms in total. The maximum atomic E-state index is 5.32. The van der Waals surface area contributed by atoms with Gasteiger partial charge in [0, 0.05) is 34.7 Å². The third kappa shape index (κ3) is 5.17. The zero-order chi connectivity index (χ0) is 15.8. The van der Waals surface area contributed by atoms with Gasteiger partial charge in [0.05, 0.1) is 14.2 Å². The van der Waals surface area contributed by atoms with E-state index in [9.17, 15) is 0 Å². The second kappa shape index (κ2) is 8.39. The molecule has 0 aliphatic heterocycles. The van der Waals surface area contributed by atoms with Crippen molar-refractivity contribution >= 4 is 5.96 Å². The van der Waals surface area contributed by atoms with E-state index in [0.717, 1.165) is 36.8 Å². The number of benzene rings is 1. The number of hydrogen-bond donors (Lipinski definition) is 0. The Hall–Kier alpha value is -1.91. The molecule has 1 aromatic carbocycles. The monoisotopic (exact) mass is 293 g/mol. The number of rotatable bonds is 6. The highest BCUT2D eigenvalue weighted by atomic mass is 16.5. The van der Waals surface area contributed by atoms with Gasteiger partial charge >= 0.3 is 0 Å². The summed E-state index contributed by atoms with van der Waals surface area (Å²) in [6.07, 6.45) is 1.97. The molecule has 5 heteroatoms. The lowest BCUT2D eigenvalue weighted by Gasteiger charge is -2.22. The van der Waals surface area contributed by atoms with Crippen molar-refractivity contribution in [1.29, 1.82) is 0 Å². The molecule has 0 unspecified atom stereocenters. The summed E-state index contributed by atoms with van der Waals surface area (Å²) in [5, 5.41) is 0. The second-order valence-corrected chi connectivity index (χ2v) is 5.26. The minimum absolute atomic E-state index is 0.766. The first-order chi connectivity index (χ1) is 9.99. The Morgan fingerprint density at radius 1 is 1.00 bits per heavy atom. The molecular formula is C16H27N3O2. The highest BCUT2D eigenvalue weighted by Crippen LogP contribution is 2.27. The average molecular weight is 293 g/mol. The van der Waals surface area contributed by atoms with Crippen LogP contribution in [0.5, 0.6) is 11.5 Å². The van der Waals surface area contributed by atoms with E-state index in [-0.39, 0.29) is 0 Å². The summed E-state index contributed by atoms with van der Waals surface area (Å²) in [7, 11) is 11.3. The van der Waals surface area contributed by atoms with Gasteiger partial charge in [-0.3, -0.25) is 4.99 Å². The highest BCUT2D eigenvalue weighted by molar-refractivity contribution is 5.79. The second-order valence-electron chi connectivity index (χ2n) is 5.26. The molecule has 0 atom stereocenters. The molecule has 21 heavy (non-hydrogen) atoms. The van der Waals surface area contributed by atoms with Gasteiger partial charge in [0.1, 0.15) is 0 Å². The Labute approximate surface area is 128 Å². The van der Waals surface area contributed by atoms with Crippen LogP contribution in [0.2, 0.25) is 0 Å².